The first-order valence-corrected chi connectivity index (χ1v) is 8.49. The van der Waals surface area contributed by atoms with Crippen LogP contribution in [0.2, 0.25) is 0 Å². The molecule has 3 rings (SSSR count). The number of aryl methyl sites for hydroxylation is 2. The van der Waals surface area contributed by atoms with E-state index in [4.69, 9.17) is 5.73 Å². The molecule has 1 aromatic carbocycles. The first-order valence-electron chi connectivity index (χ1n) is 8.49. The third-order valence-corrected chi connectivity index (χ3v) is 5.23. The van der Waals surface area contributed by atoms with Gasteiger partial charge in [-0.1, -0.05) is 30.3 Å². The van der Waals surface area contributed by atoms with E-state index in [-0.39, 0.29) is 11.9 Å². The number of nitrogens with zero attached hydrogens (tertiary/aromatic N) is 3. The van der Waals surface area contributed by atoms with Crippen LogP contribution in [0.5, 0.6) is 0 Å². The molecule has 1 saturated heterocycles. The molecular formula is C19H26N4O. The smallest absolute Gasteiger partial charge is 0.247 e. The molecule has 0 bridgehead atoms. The van der Waals surface area contributed by atoms with Gasteiger partial charge in [0, 0.05) is 24.8 Å². The molecule has 1 fully saturated rings. The lowest BCUT2D eigenvalue weighted by Gasteiger charge is -2.33. The molecule has 1 aliphatic rings. The van der Waals surface area contributed by atoms with Crippen LogP contribution < -0.4 is 5.73 Å². The molecule has 2 aromatic rings. The van der Waals surface area contributed by atoms with Gasteiger partial charge in [-0.25, -0.2) is 0 Å². The summed E-state index contributed by atoms with van der Waals surface area (Å²) in [4.78, 5) is 15.2. The van der Waals surface area contributed by atoms with E-state index < -0.39 is 5.54 Å². The van der Waals surface area contributed by atoms with Gasteiger partial charge in [-0.3, -0.25) is 9.48 Å². The van der Waals surface area contributed by atoms with Crippen LogP contribution in [0.25, 0.3) is 0 Å². The summed E-state index contributed by atoms with van der Waals surface area (Å²) in [5.41, 5.74) is 9.59. The molecule has 1 aliphatic heterocycles. The van der Waals surface area contributed by atoms with Crippen molar-refractivity contribution >= 4 is 5.91 Å². The first kappa shape index (κ1) is 16.7. The molecule has 2 atom stereocenters. The highest BCUT2D eigenvalue weighted by Crippen LogP contribution is 2.37. The van der Waals surface area contributed by atoms with Crippen molar-refractivity contribution in [2.24, 2.45) is 12.8 Å². The van der Waals surface area contributed by atoms with E-state index in [1.165, 1.54) is 5.56 Å². The molecule has 2 unspecified atom stereocenters. The number of likely N-dealkylation sites (tertiary alicyclic amines) is 1. The zero-order valence-corrected chi connectivity index (χ0v) is 14.9. The first-order chi connectivity index (χ1) is 11.3. The minimum Gasteiger partial charge on any atom is -0.334 e. The van der Waals surface area contributed by atoms with Crippen molar-refractivity contribution in [3.63, 3.8) is 0 Å². The summed E-state index contributed by atoms with van der Waals surface area (Å²) in [6.45, 7) is 6.64. The minimum atomic E-state index is -1.02. The van der Waals surface area contributed by atoms with Crippen LogP contribution in [0.4, 0.5) is 0 Å². The standard InChI is InChI=1S/C19H26N4O/c1-13-17(14(2)22(4)21-13)16-11-8-12-23(16)18(24)19(3,20)15-9-6-5-7-10-15/h5-7,9-10,16H,8,11-12,20H2,1-4H3. The second-order valence-electron chi connectivity index (χ2n) is 6.93. The van der Waals surface area contributed by atoms with E-state index in [9.17, 15) is 4.79 Å². The lowest BCUT2D eigenvalue weighted by atomic mass is 9.90. The fourth-order valence-electron chi connectivity index (χ4n) is 3.79. The highest BCUT2D eigenvalue weighted by atomic mass is 16.2. The Kier molecular flexibility index (Phi) is 4.22. The average molecular weight is 326 g/mol. The fraction of sp³-hybridized carbons (Fsp3) is 0.474. The fourth-order valence-corrected chi connectivity index (χ4v) is 3.79. The van der Waals surface area contributed by atoms with Crippen molar-refractivity contribution in [2.75, 3.05) is 6.54 Å². The van der Waals surface area contributed by atoms with Gasteiger partial charge in [-0.2, -0.15) is 5.10 Å². The van der Waals surface area contributed by atoms with Gasteiger partial charge in [0.1, 0.15) is 5.54 Å². The average Bonchev–Trinajstić information content (AvgIpc) is 3.12. The molecule has 0 spiro atoms. The highest BCUT2D eigenvalue weighted by molar-refractivity contribution is 5.87. The molecule has 0 radical (unpaired) electrons. The molecule has 5 nitrogen and oxygen atoms in total. The quantitative estimate of drug-likeness (QED) is 0.943. The normalized spacial score (nSPS) is 20.2. The van der Waals surface area contributed by atoms with E-state index >= 15 is 0 Å². The largest absolute Gasteiger partial charge is 0.334 e. The molecule has 1 amide bonds. The van der Waals surface area contributed by atoms with Crippen LogP contribution >= 0.6 is 0 Å². The molecule has 5 heteroatoms. The summed E-state index contributed by atoms with van der Waals surface area (Å²) < 4.78 is 1.89. The Bertz CT molecular complexity index is 748. The second kappa shape index (κ2) is 6.06. The van der Waals surface area contributed by atoms with E-state index in [0.717, 1.165) is 36.3 Å². The Labute approximate surface area is 143 Å². The van der Waals surface area contributed by atoms with E-state index in [0.29, 0.717) is 0 Å². The van der Waals surface area contributed by atoms with Gasteiger partial charge >= 0.3 is 0 Å². The van der Waals surface area contributed by atoms with Crippen LogP contribution in [-0.4, -0.2) is 27.1 Å². The van der Waals surface area contributed by atoms with Crippen LogP contribution in [0.1, 0.15) is 48.3 Å². The Hall–Kier alpha value is -2.14. The summed E-state index contributed by atoms with van der Waals surface area (Å²) in [7, 11) is 1.95. The maximum absolute atomic E-state index is 13.3. The lowest BCUT2D eigenvalue weighted by molar-refractivity contribution is -0.137. The molecule has 24 heavy (non-hydrogen) atoms. The van der Waals surface area contributed by atoms with Crippen LogP contribution in [0, 0.1) is 13.8 Å². The number of nitrogens with two attached hydrogens (primary N) is 1. The minimum absolute atomic E-state index is 0.0150. The van der Waals surface area contributed by atoms with Crippen molar-refractivity contribution in [1.29, 1.82) is 0 Å². The Morgan fingerprint density at radius 1 is 1.29 bits per heavy atom. The summed E-state index contributed by atoms with van der Waals surface area (Å²) in [6, 6.07) is 9.69. The summed E-state index contributed by atoms with van der Waals surface area (Å²) in [6.07, 6.45) is 1.96. The van der Waals surface area contributed by atoms with Crippen LogP contribution in [0.3, 0.4) is 0 Å². The summed E-state index contributed by atoms with van der Waals surface area (Å²) in [5, 5.41) is 4.52. The zero-order chi connectivity index (χ0) is 17.5. The van der Waals surface area contributed by atoms with E-state index in [2.05, 4.69) is 12.0 Å². The van der Waals surface area contributed by atoms with Gasteiger partial charge < -0.3 is 10.6 Å². The predicted octanol–water partition coefficient (Wildman–Crippen LogP) is 2.57. The van der Waals surface area contributed by atoms with E-state index in [1.807, 2.05) is 60.8 Å². The Morgan fingerprint density at radius 3 is 2.54 bits per heavy atom. The third kappa shape index (κ3) is 2.63. The maximum Gasteiger partial charge on any atom is 0.247 e. The van der Waals surface area contributed by atoms with Gasteiger partial charge in [0.2, 0.25) is 5.91 Å². The molecular weight excluding hydrogens is 300 g/mol. The number of aromatic nitrogens is 2. The van der Waals surface area contributed by atoms with Gasteiger partial charge in [-0.05, 0) is 39.2 Å². The number of carbonyl (C=O) groups excluding carboxylic acids is 1. The van der Waals surface area contributed by atoms with Gasteiger partial charge in [0.15, 0.2) is 0 Å². The molecule has 0 aliphatic carbocycles. The van der Waals surface area contributed by atoms with Crippen molar-refractivity contribution in [3.05, 3.63) is 52.8 Å². The van der Waals surface area contributed by atoms with Crippen LogP contribution in [0.15, 0.2) is 30.3 Å². The van der Waals surface area contributed by atoms with Crippen molar-refractivity contribution in [1.82, 2.24) is 14.7 Å². The monoisotopic (exact) mass is 326 g/mol. The third-order valence-electron chi connectivity index (χ3n) is 5.23. The predicted molar refractivity (Wildman–Crippen MR) is 94.4 cm³/mol. The van der Waals surface area contributed by atoms with Gasteiger partial charge in [0.05, 0.1) is 11.7 Å². The number of rotatable bonds is 3. The lowest BCUT2D eigenvalue weighted by Crippen LogP contribution is -2.50. The Morgan fingerprint density at radius 2 is 1.96 bits per heavy atom. The summed E-state index contributed by atoms with van der Waals surface area (Å²) in [5.74, 6) is -0.0150. The molecule has 2 heterocycles. The SMILES string of the molecule is Cc1nn(C)c(C)c1C1CCCN1C(=O)C(C)(N)c1ccccc1. The van der Waals surface area contributed by atoms with Gasteiger partial charge in [-0.15, -0.1) is 0 Å². The summed E-state index contributed by atoms with van der Waals surface area (Å²) >= 11 is 0. The molecule has 128 valence electrons. The Balaban J connectivity index is 1.95. The van der Waals surface area contributed by atoms with E-state index in [1.54, 1.807) is 0 Å². The number of carbonyl (C=O) groups is 1. The highest BCUT2D eigenvalue weighted by Gasteiger charge is 2.41. The van der Waals surface area contributed by atoms with Crippen molar-refractivity contribution < 1.29 is 4.79 Å². The number of amides is 1. The van der Waals surface area contributed by atoms with Crippen LogP contribution in [-0.2, 0) is 17.4 Å². The van der Waals surface area contributed by atoms with Crippen molar-refractivity contribution in [3.8, 4) is 0 Å². The molecule has 1 aromatic heterocycles. The number of hydrogen-bond donors (Lipinski definition) is 1. The second-order valence-corrected chi connectivity index (χ2v) is 6.93. The molecule has 0 saturated carbocycles. The maximum atomic E-state index is 13.3. The number of hydrogen-bond acceptors (Lipinski definition) is 3. The number of benzene rings is 1. The van der Waals surface area contributed by atoms with Crippen molar-refractivity contribution in [2.45, 2.75) is 45.2 Å². The molecule has 2 N–H and O–H groups in total. The zero-order valence-electron chi connectivity index (χ0n) is 14.9. The van der Waals surface area contributed by atoms with Gasteiger partial charge in [0.25, 0.3) is 0 Å². The topological polar surface area (TPSA) is 64.2 Å².